The Morgan fingerprint density at radius 3 is 2.67 bits per heavy atom. The average molecular weight is 273 g/mol. The fraction of sp³-hybridized carbons (Fsp3) is 0.500. The maximum absolute atomic E-state index is 13.0. The van der Waals surface area contributed by atoms with Gasteiger partial charge in [-0.3, -0.25) is 0 Å². The van der Waals surface area contributed by atoms with Crippen LogP contribution >= 0.6 is 15.9 Å². The van der Waals surface area contributed by atoms with Crippen LogP contribution in [0.1, 0.15) is 31.2 Å². The molecule has 1 aliphatic rings. The first-order valence-electron chi connectivity index (χ1n) is 5.25. The van der Waals surface area contributed by atoms with E-state index in [9.17, 15) is 9.50 Å². The van der Waals surface area contributed by atoms with Crippen molar-refractivity contribution in [2.45, 2.75) is 37.7 Å². The van der Waals surface area contributed by atoms with Crippen molar-refractivity contribution in [1.82, 2.24) is 0 Å². The van der Waals surface area contributed by atoms with Crippen LogP contribution in [-0.4, -0.2) is 10.7 Å². The summed E-state index contributed by atoms with van der Waals surface area (Å²) >= 11 is 3.38. The second kappa shape index (κ2) is 4.22. The van der Waals surface area contributed by atoms with E-state index in [0.29, 0.717) is 6.42 Å². The first kappa shape index (κ1) is 11.1. The Morgan fingerprint density at radius 1 is 1.33 bits per heavy atom. The fourth-order valence-corrected chi connectivity index (χ4v) is 2.63. The van der Waals surface area contributed by atoms with Crippen LogP contribution in [-0.2, 0) is 6.42 Å². The molecule has 1 N–H and O–H groups in total. The zero-order chi connectivity index (χ0) is 10.9. The first-order valence-corrected chi connectivity index (χ1v) is 6.05. The second-order valence-corrected chi connectivity index (χ2v) is 5.20. The van der Waals surface area contributed by atoms with Crippen LogP contribution in [0.5, 0.6) is 0 Å². The van der Waals surface area contributed by atoms with Crippen LogP contribution < -0.4 is 0 Å². The molecule has 15 heavy (non-hydrogen) atoms. The highest BCUT2D eigenvalue weighted by atomic mass is 79.9. The van der Waals surface area contributed by atoms with Gasteiger partial charge in [0.1, 0.15) is 5.82 Å². The number of hydrogen-bond donors (Lipinski definition) is 1. The average Bonchev–Trinajstić information content (AvgIpc) is 2.59. The number of hydrogen-bond acceptors (Lipinski definition) is 1. The van der Waals surface area contributed by atoms with Gasteiger partial charge in [0.2, 0.25) is 0 Å². The van der Waals surface area contributed by atoms with E-state index in [2.05, 4.69) is 15.9 Å². The van der Waals surface area contributed by atoms with E-state index in [4.69, 9.17) is 0 Å². The lowest BCUT2D eigenvalue weighted by atomic mass is 9.93. The van der Waals surface area contributed by atoms with E-state index >= 15 is 0 Å². The largest absolute Gasteiger partial charge is 0.390 e. The summed E-state index contributed by atoms with van der Waals surface area (Å²) in [7, 11) is 0. The maximum atomic E-state index is 13.0. The highest BCUT2D eigenvalue weighted by Gasteiger charge is 2.31. The zero-order valence-corrected chi connectivity index (χ0v) is 10.1. The summed E-state index contributed by atoms with van der Waals surface area (Å²) < 4.78 is 13.9. The van der Waals surface area contributed by atoms with Crippen LogP contribution in [0.2, 0.25) is 0 Å². The molecule has 1 aromatic rings. The summed E-state index contributed by atoms with van der Waals surface area (Å²) in [5.74, 6) is -0.241. The molecule has 0 amide bonds. The summed E-state index contributed by atoms with van der Waals surface area (Å²) in [5.41, 5.74) is 0.246. The Morgan fingerprint density at radius 2 is 2.00 bits per heavy atom. The van der Waals surface area contributed by atoms with Crippen molar-refractivity contribution >= 4 is 15.9 Å². The third-order valence-corrected chi connectivity index (χ3v) is 3.84. The van der Waals surface area contributed by atoms with Crippen LogP contribution in [0.3, 0.4) is 0 Å². The Kier molecular flexibility index (Phi) is 3.12. The molecule has 0 aromatic heterocycles. The van der Waals surface area contributed by atoms with Crippen molar-refractivity contribution in [3.8, 4) is 0 Å². The molecule has 0 unspecified atom stereocenters. The van der Waals surface area contributed by atoms with Crippen molar-refractivity contribution < 1.29 is 9.50 Å². The number of halogens is 2. The smallest absolute Gasteiger partial charge is 0.123 e. The normalized spacial score (nSPS) is 19.4. The van der Waals surface area contributed by atoms with Gasteiger partial charge in [-0.1, -0.05) is 28.8 Å². The third-order valence-electron chi connectivity index (χ3n) is 3.06. The van der Waals surface area contributed by atoms with Gasteiger partial charge in [0, 0.05) is 10.9 Å². The van der Waals surface area contributed by atoms with Crippen molar-refractivity contribution in [1.29, 1.82) is 0 Å². The topological polar surface area (TPSA) is 20.2 Å². The molecule has 0 atom stereocenters. The van der Waals surface area contributed by atoms with Gasteiger partial charge in [-0.25, -0.2) is 4.39 Å². The standard InChI is InChI=1S/C12H14BrFO/c13-11-4-3-10(14)7-9(11)8-12(15)5-1-2-6-12/h3-4,7,15H,1-2,5-6,8H2. The Balaban J connectivity index is 2.19. The van der Waals surface area contributed by atoms with Gasteiger partial charge in [-0.2, -0.15) is 0 Å². The van der Waals surface area contributed by atoms with E-state index < -0.39 is 5.60 Å². The van der Waals surface area contributed by atoms with E-state index in [1.807, 2.05) is 0 Å². The minimum absolute atomic E-state index is 0.241. The molecule has 82 valence electrons. The molecule has 2 rings (SSSR count). The third kappa shape index (κ3) is 2.58. The van der Waals surface area contributed by atoms with Crippen molar-refractivity contribution in [3.05, 3.63) is 34.1 Å². The van der Waals surface area contributed by atoms with Gasteiger partial charge in [-0.15, -0.1) is 0 Å². The summed E-state index contributed by atoms with van der Waals surface area (Å²) in [6, 6.07) is 4.62. The van der Waals surface area contributed by atoms with Crippen LogP contribution in [0.15, 0.2) is 22.7 Å². The van der Waals surface area contributed by atoms with Gasteiger partial charge in [0.05, 0.1) is 5.60 Å². The summed E-state index contributed by atoms with van der Waals surface area (Å²) in [5, 5.41) is 10.2. The predicted molar refractivity (Wildman–Crippen MR) is 61.2 cm³/mol. The van der Waals surface area contributed by atoms with Crippen molar-refractivity contribution in [2.24, 2.45) is 0 Å². The Bertz CT molecular complexity index is 359. The van der Waals surface area contributed by atoms with Crippen LogP contribution in [0, 0.1) is 5.82 Å². The summed E-state index contributed by atoms with van der Waals surface area (Å²) in [6.45, 7) is 0. The summed E-state index contributed by atoms with van der Waals surface area (Å²) in [4.78, 5) is 0. The predicted octanol–water partition coefficient (Wildman–Crippen LogP) is 3.44. The molecule has 1 fully saturated rings. The Hall–Kier alpha value is -0.410. The van der Waals surface area contributed by atoms with E-state index in [1.54, 1.807) is 6.07 Å². The second-order valence-electron chi connectivity index (χ2n) is 4.34. The molecule has 1 aliphatic carbocycles. The summed E-state index contributed by atoms with van der Waals surface area (Å²) in [6.07, 6.45) is 4.35. The molecule has 0 aliphatic heterocycles. The molecule has 0 radical (unpaired) electrons. The number of benzene rings is 1. The fourth-order valence-electron chi connectivity index (χ4n) is 2.24. The molecule has 0 bridgehead atoms. The first-order chi connectivity index (χ1) is 7.09. The minimum Gasteiger partial charge on any atom is -0.390 e. The molecule has 1 saturated carbocycles. The Labute approximate surface area is 97.4 Å². The quantitative estimate of drug-likeness (QED) is 0.875. The van der Waals surface area contributed by atoms with Crippen LogP contribution in [0.25, 0.3) is 0 Å². The lowest BCUT2D eigenvalue weighted by Crippen LogP contribution is -2.27. The van der Waals surface area contributed by atoms with Gasteiger partial charge in [0.15, 0.2) is 0 Å². The van der Waals surface area contributed by atoms with Gasteiger partial charge >= 0.3 is 0 Å². The molecule has 0 heterocycles. The van der Waals surface area contributed by atoms with Crippen molar-refractivity contribution in [2.75, 3.05) is 0 Å². The monoisotopic (exact) mass is 272 g/mol. The lowest BCUT2D eigenvalue weighted by molar-refractivity contribution is 0.0480. The molecule has 3 heteroatoms. The van der Waals surface area contributed by atoms with Crippen LogP contribution in [0.4, 0.5) is 4.39 Å². The van der Waals surface area contributed by atoms with Crippen molar-refractivity contribution in [3.63, 3.8) is 0 Å². The number of rotatable bonds is 2. The van der Waals surface area contributed by atoms with E-state index in [-0.39, 0.29) is 5.82 Å². The molecule has 1 nitrogen and oxygen atoms in total. The van der Waals surface area contributed by atoms with Gasteiger partial charge in [0.25, 0.3) is 0 Å². The van der Waals surface area contributed by atoms with Gasteiger partial charge < -0.3 is 5.11 Å². The molecule has 1 aromatic carbocycles. The molecule has 0 spiro atoms. The molecular weight excluding hydrogens is 259 g/mol. The molecule has 0 saturated heterocycles. The zero-order valence-electron chi connectivity index (χ0n) is 8.47. The van der Waals surface area contributed by atoms with E-state index in [1.165, 1.54) is 12.1 Å². The molecular formula is C12H14BrFO. The number of aliphatic hydroxyl groups is 1. The van der Waals surface area contributed by atoms with Gasteiger partial charge in [-0.05, 0) is 36.6 Å². The highest BCUT2D eigenvalue weighted by molar-refractivity contribution is 9.10. The lowest BCUT2D eigenvalue weighted by Gasteiger charge is -2.22. The van der Waals surface area contributed by atoms with E-state index in [0.717, 1.165) is 35.7 Å². The minimum atomic E-state index is -0.615. The SMILES string of the molecule is OC1(Cc2cc(F)ccc2Br)CCCC1. The highest BCUT2D eigenvalue weighted by Crippen LogP contribution is 2.34. The maximum Gasteiger partial charge on any atom is 0.123 e.